The summed E-state index contributed by atoms with van der Waals surface area (Å²) < 4.78 is 5.75. The third-order valence-corrected chi connectivity index (χ3v) is 6.84. The van der Waals surface area contributed by atoms with Crippen LogP contribution in [0.5, 0.6) is 0 Å². The number of benzene rings is 2. The number of piperidine rings is 1. The summed E-state index contributed by atoms with van der Waals surface area (Å²) in [7, 11) is 0. The highest BCUT2D eigenvalue weighted by molar-refractivity contribution is 6.04. The van der Waals surface area contributed by atoms with E-state index in [-0.39, 0.29) is 11.8 Å². The van der Waals surface area contributed by atoms with E-state index >= 15 is 0 Å². The second kappa shape index (κ2) is 11.7. The first-order valence-electron chi connectivity index (χ1n) is 12.6. The third-order valence-electron chi connectivity index (χ3n) is 6.84. The molecule has 5 rings (SSSR count). The summed E-state index contributed by atoms with van der Waals surface area (Å²) in [5.74, 6) is 1.14. The van der Waals surface area contributed by atoms with E-state index in [4.69, 9.17) is 4.42 Å². The van der Waals surface area contributed by atoms with Gasteiger partial charge in [0.2, 0.25) is 0 Å². The average Bonchev–Trinajstić information content (AvgIpc) is 3.47. The van der Waals surface area contributed by atoms with Gasteiger partial charge >= 0.3 is 0 Å². The Kier molecular flexibility index (Phi) is 7.73. The molecule has 4 aromatic rings. The number of hydrogen-bond acceptors (Lipinski definition) is 5. The van der Waals surface area contributed by atoms with E-state index in [1.54, 1.807) is 30.8 Å². The number of nitrogens with one attached hydrogen (secondary N) is 2. The number of carbonyl (C=O) groups excluding carboxylic acids is 1. The fourth-order valence-corrected chi connectivity index (χ4v) is 4.90. The molecule has 2 aromatic carbocycles. The maximum atomic E-state index is 12.5. The molecule has 3 heterocycles. The van der Waals surface area contributed by atoms with E-state index < -0.39 is 0 Å². The van der Waals surface area contributed by atoms with Gasteiger partial charge in [-0.05, 0) is 73.8 Å². The van der Waals surface area contributed by atoms with Crippen LogP contribution in [0, 0.1) is 0 Å². The summed E-state index contributed by atoms with van der Waals surface area (Å²) >= 11 is 0. The molecule has 1 amide bonds. The molecule has 6 nitrogen and oxygen atoms in total. The van der Waals surface area contributed by atoms with Crippen molar-refractivity contribution in [3.05, 3.63) is 114 Å². The quantitative estimate of drug-likeness (QED) is 0.321. The summed E-state index contributed by atoms with van der Waals surface area (Å²) in [4.78, 5) is 18.9. The highest BCUT2D eigenvalue weighted by Crippen LogP contribution is 2.28. The van der Waals surface area contributed by atoms with E-state index in [1.165, 1.54) is 5.56 Å². The van der Waals surface area contributed by atoms with Crippen molar-refractivity contribution >= 4 is 17.3 Å². The zero-order valence-corrected chi connectivity index (χ0v) is 20.3. The molecule has 36 heavy (non-hydrogen) atoms. The van der Waals surface area contributed by atoms with Crippen LogP contribution < -0.4 is 15.5 Å². The van der Waals surface area contributed by atoms with Gasteiger partial charge in [-0.2, -0.15) is 0 Å². The molecule has 0 aliphatic carbocycles. The van der Waals surface area contributed by atoms with E-state index in [9.17, 15) is 4.79 Å². The van der Waals surface area contributed by atoms with E-state index in [2.05, 4.69) is 69.0 Å². The number of rotatable bonds is 9. The first kappa shape index (κ1) is 23.8. The van der Waals surface area contributed by atoms with Crippen molar-refractivity contribution in [2.75, 3.05) is 29.9 Å². The van der Waals surface area contributed by atoms with Gasteiger partial charge in [0.1, 0.15) is 5.76 Å². The van der Waals surface area contributed by atoms with Crippen molar-refractivity contribution in [2.24, 2.45) is 0 Å². The second-order valence-corrected chi connectivity index (χ2v) is 9.23. The Bertz CT molecular complexity index is 1220. The van der Waals surface area contributed by atoms with Crippen LogP contribution in [0.1, 0.15) is 46.9 Å². The number of aromatic nitrogens is 1. The standard InChI is InChI=1S/C30H32N4O2/c35-30(24-9-5-16-31-22-24)33-26-10-4-11-27(21-26)34-18-14-25(15-19-34)32-17-13-28(29-12-6-20-36-29)23-7-2-1-3-8-23/h1-12,16,20-22,25,28,32H,13-15,17-19H2,(H,33,35)/t28-/m1/s1. The zero-order valence-electron chi connectivity index (χ0n) is 20.3. The lowest BCUT2D eigenvalue weighted by atomic mass is 9.93. The van der Waals surface area contributed by atoms with Gasteiger partial charge in [0.25, 0.3) is 5.91 Å². The molecule has 0 radical (unpaired) electrons. The molecule has 0 unspecified atom stereocenters. The smallest absolute Gasteiger partial charge is 0.257 e. The molecule has 0 spiro atoms. The monoisotopic (exact) mass is 480 g/mol. The lowest BCUT2D eigenvalue weighted by Gasteiger charge is -2.34. The van der Waals surface area contributed by atoms with Gasteiger partial charge in [0, 0.05) is 48.8 Å². The van der Waals surface area contributed by atoms with Crippen LogP contribution >= 0.6 is 0 Å². The zero-order chi connectivity index (χ0) is 24.6. The normalized spacial score (nSPS) is 14.9. The summed E-state index contributed by atoms with van der Waals surface area (Å²) in [5, 5.41) is 6.76. The number of carbonyl (C=O) groups is 1. The van der Waals surface area contributed by atoms with Crippen molar-refractivity contribution < 1.29 is 9.21 Å². The molecule has 0 saturated carbocycles. The lowest BCUT2D eigenvalue weighted by Crippen LogP contribution is -2.43. The molecular weight excluding hydrogens is 448 g/mol. The fraction of sp³-hybridized carbons (Fsp3) is 0.267. The van der Waals surface area contributed by atoms with Crippen LogP contribution in [0.3, 0.4) is 0 Å². The van der Waals surface area contributed by atoms with Crippen molar-refractivity contribution in [3.8, 4) is 0 Å². The van der Waals surface area contributed by atoms with Crippen molar-refractivity contribution in [2.45, 2.75) is 31.2 Å². The summed E-state index contributed by atoms with van der Waals surface area (Å²) in [6.45, 7) is 2.91. The van der Waals surface area contributed by atoms with E-state index in [0.29, 0.717) is 11.6 Å². The predicted molar refractivity (Wildman–Crippen MR) is 143 cm³/mol. The summed E-state index contributed by atoms with van der Waals surface area (Å²) in [6.07, 6.45) is 8.17. The summed E-state index contributed by atoms with van der Waals surface area (Å²) in [5.41, 5.74) is 3.78. The Labute approximate surface area is 212 Å². The third kappa shape index (κ3) is 6.01. The van der Waals surface area contributed by atoms with Crippen LogP contribution in [-0.2, 0) is 0 Å². The molecular formula is C30H32N4O2. The van der Waals surface area contributed by atoms with Crippen LogP contribution in [0.2, 0.25) is 0 Å². The minimum atomic E-state index is -0.147. The van der Waals surface area contributed by atoms with Crippen molar-refractivity contribution in [3.63, 3.8) is 0 Å². The Balaban J connectivity index is 1.12. The van der Waals surface area contributed by atoms with Crippen LogP contribution in [-0.4, -0.2) is 36.6 Å². The predicted octanol–water partition coefficient (Wildman–Crippen LogP) is 5.71. The second-order valence-electron chi connectivity index (χ2n) is 9.23. The topological polar surface area (TPSA) is 70.4 Å². The average molecular weight is 481 g/mol. The molecule has 0 bridgehead atoms. The van der Waals surface area contributed by atoms with Gasteiger partial charge in [-0.25, -0.2) is 0 Å². The van der Waals surface area contributed by atoms with Gasteiger partial charge in [-0.1, -0.05) is 36.4 Å². The lowest BCUT2D eigenvalue weighted by molar-refractivity contribution is 0.102. The van der Waals surface area contributed by atoms with Gasteiger partial charge in [0.15, 0.2) is 0 Å². The molecule has 1 saturated heterocycles. The molecule has 1 aliphatic heterocycles. The van der Waals surface area contributed by atoms with E-state index in [1.807, 2.05) is 18.2 Å². The van der Waals surface area contributed by atoms with Gasteiger partial charge in [0.05, 0.1) is 11.8 Å². The molecule has 2 aromatic heterocycles. The van der Waals surface area contributed by atoms with Gasteiger partial charge < -0.3 is 20.0 Å². The Morgan fingerprint density at radius 3 is 2.61 bits per heavy atom. The molecule has 1 fully saturated rings. The van der Waals surface area contributed by atoms with Crippen LogP contribution in [0.25, 0.3) is 0 Å². The number of furan rings is 1. The van der Waals surface area contributed by atoms with E-state index in [0.717, 1.165) is 56.0 Å². The minimum absolute atomic E-state index is 0.147. The number of hydrogen-bond donors (Lipinski definition) is 2. The van der Waals surface area contributed by atoms with Crippen LogP contribution in [0.4, 0.5) is 11.4 Å². The number of amides is 1. The minimum Gasteiger partial charge on any atom is -0.469 e. The Morgan fingerprint density at radius 1 is 1.00 bits per heavy atom. The Hall–Kier alpha value is -3.90. The van der Waals surface area contributed by atoms with Crippen molar-refractivity contribution in [1.29, 1.82) is 0 Å². The summed E-state index contributed by atoms with van der Waals surface area (Å²) in [6, 6.07) is 26.8. The SMILES string of the molecule is O=C(Nc1cccc(N2CCC(NCC[C@H](c3ccccc3)c3ccco3)CC2)c1)c1cccnc1. The molecule has 2 N–H and O–H groups in total. The first-order chi connectivity index (χ1) is 17.8. The molecule has 1 aliphatic rings. The fourth-order valence-electron chi connectivity index (χ4n) is 4.90. The maximum Gasteiger partial charge on any atom is 0.257 e. The maximum absolute atomic E-state index is 12.5. The molecule has 6 heteroatoms. The van der Waals surface area contributed by atoms with Gasteiger partial charge in [-0.15, -0.1) is 0 Å². The van der Waals surface area contributed by atoms with Gasteiger partial charge in [-0.3, -0.25) is 9.78 Å². The molecule has 184 valence electrons. The van der Waals surface area contributed by atoms with Crippen LogP contribution in [0.15, 0.2) is 102 Å². The highest BCUT2D eigenvalue weighted by atomic mass is 16.3. The number of nitrogens with zero attached hydrogens (tertiary/aromatic N) is 2. The molecule has 1 atom stereocenters. The number of anilines is 2. The first-order valence-corrected chi connectivity index (χ1v) is 12.6. The van der Waals surface area contributed by atoms with Crippen molar-refractivity contribution in [1.82, 2.24) is 10.3 Å². The largest absolute Gasteiger partial charge is 0.469 e. The Morgan fingerprint density at radius 2 is 1.86 bits per heavy atom. The number of pyridine rings is 1. The highest BCUT2D eigenvalue weighted by Gasteiger charge is 2.21.